The average molecular weight is 489 g/mol. The molecule has 0 fully saturated rings. The highest BCUT2D eigenvalue weighted by molar-refractivity contribution is 5.86. The van der Waals surface area contributed by atoms with Gasteiger partial charge in [-0.15, -0.1) is 0 Å². The molecule has 1 aliphatic carbocycles. The lowest BCUT2D eigenvalue weighted by molar-refractivity contribution is -0.120. The van der Waals surface area contributed by atoms with Crippen LogP contribution in [0.4, 0.5) is 0 Å². The average Bonchev–Trinajstić information content (AvgIpc) is 3.12. The van der Waals surface area contributed by atoms with Gasteiger partial charge < -0.3 is 20.5 Å². The summed E-state index contributed by atoms with van der Waals surface area (Å²) in [7, 11) is 0. The van der Waals surface area contributed by atoms with Crippen molar-refractivity contribution in [3.63, 3.8) is 0 Å². The first-order chi connectivity index (χ1) is 16.8. The van der Waals surface area contributed by atoms with Gasteiger partial charge in [0.25, 0.3) is 0 Å². The van der Waals surface area contributed by atoms with Crippen molar-refractivity contribution in [3.8, 4) is 0 Å². The molecule has 0 saturated heterocycles. The number of fused-ring (bicyclic) bond motifs is 1. The summed E-state index contributed by atoms with van der Waals surface area (Å²) in [5.41, 5.74) is 4.72. The van der Waals surface area contributed by atoms with E-state index in [1.54, 1.807) is 0 Å². The maximum Gasteiger partial charge on any atom is 0.217 e. The van der Waals surface area contributed by atoms with Gasteiger partial charge in [-0.2, -0.15) is 0 Å². The van der Waals surface area contributed by atoms with E-state index < -0.39 is 17.1 Å². The normalized spacial score (nSPS) is 21.1. The molecule has 36 heavy (non-hydrogen) atoms. The Morgan fingerprint density at radius 1 is 1.17 bits per heavy atom. The second-order valence-corrected chi connectivity index (χ2v) is 11.9. The Morgan fingerprint density at radius 2 is 1.83 bits per heavy atom. The third-order valence-corrected chi connectivity index (χ3v) is 7.51. The van der Waals surface area contributed by atoms with Crippen LogP contribution in [0.3, 0.4) is 0 Å². The number of amides is 1. The zero-order valence-electron chi connectivity index (χ0n) is 22.6. The molecular weight excluding hydrogens is 448 g/mol. The summed E-state index contributed by atoms with van der Waals surface area (Å²) in [4.78, 5) is 15.6. The Kier molecular flexibility index (Phi) is 6.82. The van der Waals surface area contributed by atoms with Crippen LogP contribution < -0.4 is 5.32 Å². The van der Waals surface area contributed by atoms with Crippen molar-refractivity contribution in [1.82, 2.24) is 10.3 Å². The lowest BCUT2D eigenvalue weighted by Gasteiger charge is -2.48. The first kappa shape index (κ1) is 26.0. The summed E-state index contributed by atoms with van der Waals surface area (Å²) in [5.74, 6) is 0.224. The van der Waals surface area contributed by atoms with Crippen LogP contribution in [0.25, 0.3) is 10.9 Å². The number of hydrogen-bond acceptors (Lipinski definition) is 3. The second kappa shape index (κ2) is 9.44. The van der Waals surface area contributed by atoms with E-state index in [4.69, 9.17) is 0 Å². The molecule has 4 rings (SSSR count). The monoisotopic (exact) mass is 488 g/mol. The number of rotatable bonds is 8. The van der Waals surface area contributed by atoms with Crippen molar-refractivity contribution < 1.29 is 15.0 Å². The molecule has 1 heterocycles. The molecule has 3 unspecified atom stereocenters. The van der Waals surface area contributed by atoms with Crippen molar-refractivity contribution >= 4 is 16.8 Å². The van der Waals surface area contributed by atoms with Gasteiger partial charge in [0.1, 0.15) is 5.76 Å². The molecule has 3 atom stereocenters. The number of hydrogen-bond donors (Lipinski definition) is 4. The SMILES string of the molecule is CC(=O)NC(C)(C)Cc1c(C(C2=C(O)C(C)(CC(C)C)C2O)c2ccccc2)[nH]c2cc(C)ccc12. The molecule has 0 bridgehead atoms. The third kappa shape index (κ3) is 4.69. The molecule has 2 aromatic carbocycles. The maximum absolute atomic E-state index is 12.0. The summed E-state index contributed by atoms with van der Waals surface area (Å²) in [6, 6.07) is 16.4. The van der Waals surface area contributed by atoms with E-state index in [1.807, 2.05) is 39.0 Å². The van der Waals surface area contributed by atoms with Crippen molar-refractivity contribution in [2.24, 2.45) is 11.3 Å². The Bertz CT molecular complexity index is 1300. The van der Waals surface area contributed by atoms with Gasteiger partial charge >= 0.3 is 0 Å². The molecule has 0 radical (unpaired) electrons. The molecular formula is C31H40N2O3. The lowest BCUT2D eigenvalue weighted by Crippen LogP contribution is -2.49. The number of aromatic nitrogens is 1. The number of nitrogens with one attached hydrogen (secondary N) is 2. The second-order valence-electron chi connectivity index (χ2n) is 11.9. The standard InChI is InChI=1S/C31H40N2O3/c1-18(2)16-31(7)28(35)26(29(31)36)25(21-11-9-8-10-12-21)27-23(17-30(5,6)33-20(4)34)22-14-13-19(3)15-24(22)32-27/h8-15,18,25,28,32,35-36H,16-17H2,1-7H3,(H,33,34). The van der Waals surface area contributed by atoms with Crippen LogP contribution in [-0.2, 0) is 11.2 Å². The van der Waals surface area contributed by atoms with Gasteiger partial charge in [-0.05, 0) is 69.2 Å². The quantitative estimate of drug-likeness (QED) is 0.300. The number of carbonyl (C=O) groups is 1. The highest BCUT2D eigenvalue weighted by Crippen LogP contribution is 2.55. The molecule has 1 aliphatic rings. The highest BCUT2D eigenvalue weighted by Gasteiger charge is 2.53. The first-order valence-electron chi connectivity index (χ1n) is 12.9. The minimum atomic E-state index is -0.755. The largest absolute Gasteiger partial charge is 0.512 e. The fourth-order valence-electron chi connectivity index (χ4n) is 6.14. The van der Waals surface area contributed by atoms with Crippen LogP contribution >= 0.6 is 0 Å². The number of aliphatic hydroxyl groups excluding tert-OH is 2. The Balaban J connectivity index is 1.95. The number of H-pyrrole nitrogens is 1. The molecule has 1 aromatic heterocycles. The molecule has 0 aliphatic heterocycles. The van der Waals surface area contributed by atoms with E-state index >= 15 is 0 Å². The van der Waals surface area contributed by atoms with Gasteiger partial charge in [0, 0.05) is 34.6 Å². The van der Waals surface area contributed by atoms with E-state index in [0.717, 1.165) is 33.3 Å². The van der Waals surface area contributed by atoms with Gasteiger partial charge in [0.05, 0.1) is 17.4 Å². The van der Waals surface area contributed by atoms with E-state index in [2.05, 4.69) is 61.4 Å². The molecule has 1 amide bonds. The van der Waals surface area contributed by atoms with Crippen LogP contribution in [0, 0.1) is 18.3 Å². The van der Waals surface area contributed by atoms with Gasteiger partial charge in [-0.3, -0.25) is 4.79 Å². The lowest BCUT2D eigenvalue weighted by atomic mass is 9.59. The van der Waals surface area contributed by atoms with Crippen molar-refractivity contribution in [3.05, 3.63) is 82.2 Å². The summed E-state index contributed by atoms with van der Waals surface area (Å²) in [5, 5.41) is 27.1. The first-order valence-corrected chi connectivity index (χ1v) is 12.9. The van der Waals surface area contributed by atoms with E-state index in [9.17, 15) is 15.0 Å². The van der Waals surface area contributed by atoms with E-state index in [0.29, 0.717) is 30.1 Å². The third-order valence-electron chi connectivity index (χ3n) is 7.51. The molecule has 3 aromatic rings. The van der Waals surface area contributed by atoms with Gasteiger partial charge in [-0.25, -0.2) is 0 Å². The smallest absolute Gasteiger partial charge is 0.217 e. The van der Waals surface area contributed by atoms with E-state index in [-0.39, 0.29) is 11.8 Å². The minimum Gasteiger partial charge on any atom is -0.512 e. The zero-order chi connectivity index (χ0) is 26.4. The van der Waals surface area contributed by atoms with Crippen LogP contribution in [0.5, 0.6) is 0 Å². The summed E-state index contributed by atoms with van der Waals surface area (Å²) in [6.45, 7) is 13.8. The summed E-state index contributed by atoms with van der Waals surface area (Å²) >= 11 is 0. The topological polar surface area (TPSA) is 85.3 Å². The van der Waals surface area contributed by atoms with Crippen LogP contribution in [0.15, 0.2) is 59.9 Å². The van der Waals surface area contributed by atoms with Gasteiger partial charge in [-0.1, -0.05) is 56.3 Å². The minimum absolute atomic E-state index is 0.0731. The van der Waals surface area contributed by atoms with Crippen LogP contribution in [0.1, 0.15) is 76.3 Å². The molecule has 192 valence electrons. The van der Waals surface area contributed by atoms with E-state index in [1.165, 1.54) is 6.92 Å². The fourth-order valence-corrected chi connectivity index (χ4v) is 6.14. The number of carbonyl (C=O) groups excluding carboxylic acids is 1. The predicted octanol–water partition coefficient (Wildman–Crippen LogP) is 6.30. The Morgan fingerprint density at radius 3 is 2.42 bits per heavy atom. The molecule has 0 spiro atoms. The molecule has 5 nitrogen and oxygen atoms in total. The summed E-state index contributed by atoms with van der Waals surface area (Å²) < 4.78 is 0. The van der Waals surface area contributed by atoms with Gasteiger partial charge in [0.15, 0.2) is 0 Å². The number of aryl methyl sites for hydroxylation is 1. The number of aliphatic hydroxyl groups is 2. The van der Waals surface area contributed by atoms with Crippen LogP contribution in [-0.4, -0.2) is 32.7 Å². The number of aromatic amines is 1. The van der Waals surface area contributed by atoms with Crippen LogP contribution in [0.2, 0.25) is 0 Å². The van der Waals surface area contributed by atoms with Gasteiger partial charge in [0.2, 0.25) is 5.91 Å². The van der Waals surface area contributed by atoms with Crippen molar-refractivity contribution in [1.29, 1.82) is 0 Å². The van der Waals surface area contributed by atoms with Crippen molar-refractivity contribution in [2.75, 3.05) is 0 Å². The molecule has 0 saturated carbocycles. The predicted molar refractivity (Wildman–Crippen MR) is 146 cm³/mol. The number of benzene rings is 2. The zero-order valence-corrected chi connectivity index (χ0v) is 22.6. The maximum atomic E-state index is 12.0. The Labute approximate surface area is 214 Å². The fraction of sp³-hybridized carbons (Fsp3) is 0.452. The van der Waals surface area contributed by atoms with Crippen molar-refractivity contribution in [2.45, 2.75) is 78.9 Å². The molecule has 4 N–H and O–H groups in total. The summed E-state index contributed by atoms with van der Waals surface area (Å²) in [6.07, 6.45) is 0.551. The molecule has 5 heteroatoms. The highest BCUT2D eigenvalue weighted by atomic mass is 16.3. The Hall–Kier alpha value is -3.05.